The summed E-state index contributed by atoms with van der Waals surface area (Å²) in [5.74, 6) is -0.0527. The van der Waals surface area contributed by atoms with E-state index in [1.54, 1.807) is 60.5 Å². The minimum Gasteiger partial charge on any atom is -0.497 e. The number of amides is 1. The van der Waals surface area contributed by atoms with E-state index in [0.29, 0.717) is 23.3 Å². The maximum absolute atomic E-state index is 12.3. The van der Waals surface area contributed by atoms with Crippen molar-refractivity contribution in [2.45, 2.75) is 6.42 Å². The van der Waals surface area contributed by atoms with E-state index in [1.165, 1.54) is 0 Å². The van der Waals surface area contributed by atoms with Crippen LogP contribution >= 0.6 is 0 Å². The van der Waals surface area contributed by atoms with E-state index in [1.807, 2.05) is 0 Å². The van der Waals surface area contributed by atoms with E-state index in [2.05, 4.69) is 0 Å². The van der Waals surface area contributed by atoms with Gasteiger partial charge in [-0.2, -0.15) is 0 Å². The monoisotopic (exact) mass is 339 g/mol. The molecule has 1 aliphatic rings. The fraction of sp³-hybridized carbons (Fsp3) is 0.211. The Morgan fingerprint density at radius 2 is 1.72 bits per heavy atom. The van der Waals surface area contributed by atoms with Gasteiger partial charge in [-0.3, -0.25) is 14.4 Å². The van der Waals surface area contributed by atoms with Gasteiger partial charge in [0, 0.05) is 24.2 Å². The van der Waals surface area contributed by atoms with Crippen LogP contribution in [-0.4, -0.2) is 31.8 Å². The molecule has 0 unspecified atom stereocenters. The number of hydrogen-bond acceptors (Lipinski definition) is 5. The molecule has 128 valence electrons. The Kier molecular flexibility index (Phi) is 4.79. The number of nitrogens with zero attached hydrogens (tertiary/aromatic N) is 1. The van der Waals surface area contributed by atoms with Gasteiger partial charge in [0.1, 0.15) is 17.8 Å². The van der Waals surface area contributed by atoms with E-state index in [9.17, 15) is 14.4 Å². The first kappa shape index (κ1) is 16.7. The van der Waals surface area contributed by atoms with Crippen LogP contribution in [0.1, 0.15) is 16.8 Å². The Bertz CT molecular complexity index is 782. The number of benzene rings is 2. The lowest BCUT2D eigenvalue weighted by Gasteiger charge is -2.16. The second-order valence-corrected chi connectivity index (χ2v) is 5.71. The van der Waals surface area contributed by atoms with Crippen LogP contribution in [0.15, 0.2) is 48.5 Å². The number of aldehydes is 1. The summed E-state index contributed by atoms with van der Waals surface area (Å²) in [6, 6.07) is 13.3. The normalized spacial score (nSPS) is 16.6. The van der Waals surface area contributed by atoms with Crippen molar-refractivity contribution in [1.29, 1.82) is 0 Å². The molecule has 0 aromatic heterocycles. The summed E-state index contributed by atoms with van der Waals surface area (Å²) in [5.41, 5.74) is 1.22. The van der Waals surface area contributed by atoms with Gasteiger partial charge in [0.05, 0.1) is 13.0 Å². The van der Waals surface area contributed by atoms with Crippen LogP contribution in [0.25, 0.3) is 0 Å². The van der Waals surface area contributed by atoms with Gasteiger partial charge in [0.25, 0.3) is 0 Å². The molecule has 0 aliphatic carbocycles. The fourth-order valence-corrected chi connectivity index (χ4v) is 2.69. The number of rotatable bonds is 5. The predicted molar refractivity (Wildman–Crippen MR) is 90.9 cm³/mol. The standard InChI is InChI=1S/C19H17NO5/c1-24-16-8-4-15(5-9-16)20-11-14(10-18(20)22)19(23)25-17-6-2-13(12-21)3-7-17/h2-9,12,14H,10-11H2,1H3/t14-/m0/s1. The van der Waals surface area contributed by atoms with E-state index < -0.39 is 11.9 Å². The number of anilines is 1. The van der Waals surface area contributed by atoms with Crippen molar-refractivity contribution in [3.05, 3.63) is 54.1 Å². The first-order chi connectivity index (χ1) is 12.1. The topological polar surface area (TPSA) is 72.9 Å². The van der Waals surface area contributed by atoms with Crippen molar-refractivity contribution in [2.75, 3.05) is 18.6 Å². The van der Waals surface area contributed by atoms with Crippen LogP contribution in [0.3, 0.4) is 0 Å². The van der Waals surface area contributed by atoms with Crippen molar-refractivity contribution in [3.63, 3.8) is 0 Å². The zero-order chi connectivity index (χ0) is 17.8. The van der Waals surface area contributed by atoms with Gasteiger partial charge in [-0.25, -0.2) is 0 Å². The molecular formula is C19H17NO5. The SMILES string of the molecule is COc1ccc(N2C[C@@H](C(=O)Oc3ccc(C=O)cc3)CC2=O)cc1. The van der Waals surface area contributed by atoms with Crippen LogP contribution in [0, 0.1) is 5.92 Å². The number of methoxy groups -OCH3 is 1. The molecule has 0 bridgehead atoms. The lowest BCUT2D eigenvalue weighted by molar-refractivity contribution is -0.139. The second kappa shape index (κ2) is 7.17. The molecule has 1 atom stereocenters. The van der Waals surface area contributed by atoms with Gasteiger partial charge in [-0.15, -0.1) is 0 Å². The molecule has 6 heteroatoms. The third kappa shape index (κ3) is 3.68. The third-order valence-electron chi connectivity index (χ3n) is 4.08. The zero-order valence-corrected chi connectivity index (χ0v) is 13.7. The minimum atomic E-state index is -0.527. The molecule has 1 aliphatic heterocycles. The summed E-state index contributed by atoms with van der Waals surface area (Å²) in [4.78, 5) is 36.7. The van der Waals surface area contributed by atoms with Crippen molar-refractivity contribution < 1.29 is 23.9 Å². The van der Waals surface area contributed by atoms with E-state index >= 15 is 0 Å². The lowest BCUT2D eigenvalue weighted by atomic mass is 10.1. The molecule has 0 radical (unpaired) electrons. The Hall–Kier alpha value is -3.15. The molecule has 2 aromatic rings. The number of esters is 1. The van der Waals surface area contributed by atoms with Gasteiger partial charge in [-0.05, 0) is 48.5 Å². The van der Waals surface area contributed by atoms with Crippen molar-refractivity contribution in [1.82, 2.24) is 0 Å². The maximum Gasteiger partial charge on any atom is 0.316 e. The van der Waals surface area contributed by atoms with E-state index in [-0.39, 0.29) is 18.9 Å². The molecule has 0 saturated carbocycles. The first-order valence-electron chi connectivity index (χ1n) is 7.82. The molecule has 0 spiro atoms. The molecule has 6 nitrogen and oxygen atoms in total. The van der Waals surface area contributed by atoms with Gasteiger partial charge in [0.2, 0.25) is 5.91 Å². The smallest absolute Gasteiger partial charge is 0.316 e. The van der Waals surface area contributed by atoms with Crippen LogP contribution in [0.5, 0.6) is 11.5 Å². The van der Waals surface area contributed by atoms with Crippen LogP contribution in [0.2, 0.25) is 0 Å². The summed E-state index contributed by atoms with van der Waals surface area (Å²) in [5, 5.41) is 0. The minimum absolute atomic E-state index is 0.108. The van der Waals surface area contributed by atoms with Crippen LogP contribution in [-0.2, 0) is 9.59 Å². The Morgan fingerprint density at radius 3 is 2.32 bits per heavy atom. The van der Waals surface area contributed by atoms with Gasteiger partial charge < -0.3 is 14.4 Å². The predicted octanol–water partition coefficient (Wildman–Crippen LogP) is 2.47. The zero-order valence-electron chi connectivity index (χ0n) is 13.7. The average molecular weight is 339 g/mol. The highest BCUT2D eigenvalue weighted by Crippen LogP contribution is 2.28. The molecule has 1 saturated heterocycles. The second-order valence-electron chi connectivity index (χ2n) is 5.71. The Labute approximate surface area is 145 Å². The first-order valence-corrected chi connectivity index (χ1v) is 7.82. The molecule has 0 N–H and O–H groups in total. The summed E-state index contributed by atoms with van der Waals surface area (Å²) in [6.45, 7) is 0.274. The van der Waals surface area contributed by atoms with Crippen molar-refractivity contribution in [3.8, 4) is 11.5 Å². The van der Waals surface area contributed by atoms with Crippen LogP contribution in [0.4, 0.5) is 5.69 Å². The Balaban J connectivity index is 1.66. The Morgan fingerprint density at radius 1 is 1.08 bits per heavy atom. The van der Waals surface area contributed by atoms with E-state index in [4.69, 9.17) is 9.47 Å². The average Bonchev–Trinajstić information content (AvgIpc) is 3.04. The summed E-state index contributed by atoms with van der Waals surface area (Å²) in [6.07, 6.45) is 0.825. The molecular weight excluding hydrogens is 322 g/mol. The quantitative estimate of drug-likeness (QED) is 0.475. The summed E-state index contributed by atoms with van der Waals surface area (Å²) in [7, 11) is 1.57. The molecule has 1 fully saturated rings. The highest BCUT2D eigenvalue weighted by molar-refractivity contribution is 5.99. The van der Waals surface area contributed by atoms with Crippen LogP contribution < -0.4 is 14.4 Å². The fourth-order valence-electron chi connectivity index (χ4n) is 2.69. The van der Waals surface area contributed by atoms with Crippen molar-refractivity contribution >= 4 is 23.9 Å². The number of carbonyl (C=O) groups is 3. The molecule has 1 amide bonds. The third-order valence-corrected chi connectivity index (χ3v) is 4.08. The maximum atomic E-state index is 12.3. The van der Waals surface area contributed by atoms with Gasteiger partial charge in [0.15, 0.2) is 0 Å². The molecule has 25 heavy (non-hydrogen) atoms. The molecule has 3 rings (SSSR count). The number of carbonyl (C=O) groups excluding carboxylic acids is 3. The van der Waals surface area contributed by atoms with Crippen molar-refractivity contribution in [2.24, 2.45) is 5.92 Å². The van der Waals surface area contributed by atoms with E-state index in [0.717, 1.165) is 5.69 Å². The highest BCUT2D eigenvalue weighted by atomic mass is 16.5. The van der Waals surface area contributed by atoms with Gasteiger partial charge >= 0.3 is 5.97 Å². The number of ether oxygens (including phenoxy) is 2. The molecule has 2 aromatic carbocycles. The summed E-state index contributed by atoms with van der Waals surface area (Å²) < 4.78 is 10.4. The highest BCUT2D eigenvalue weighted by Gasteiger charge is 2.36. The molecule has 1 heterocycles. The number of hydrogen-bond donors (Lipinski definition) is 0. The lowest BCUT2D eigenvalue weighted by Crippen LogP contribution is -2.27. The largest absolute Gasteiger partial charge is 0.497 e. The summed E-state index contributed by atoms with van der Waals surface area (Å²) >= 11 is 0. The van der Waals surface area contributed by atoms with Gasteiger partial charge in [-0.1, -0.05) is 0 Å².